The molecule has 0 radical (unpaired) electrons. The Kier molecular flexibility index (Phi) is 7.41. The molecule has 0 aliphatic carbocycles. The summed E-state index contributed by atoms with van der Waals surface area (Å²) in [5, 5.41) is 13.3. The molecule has 7 heteroatoms. The molecule has 1 aliphatic heterocycles. The molecular weight excluding hydrogens is 518 g/mol. The van der Waals surface area contributed by atoms with Crippen LogP contribution in [0.5, 0.6) is 0 Å². The van der Waals surface area contributed by atoms with Gasteiger partial charge in [0, 0.05) is 36.0 Å². The van der Waals surface area contributed by atoms with Gasteiger partial charge >= 0.3 is 0 Å². The van der Waals surface area contributed by atoms with Gasteiger partial charge in [-0.1, -0.05) is 36.4 Å². The van der Waals surface area contributed by atoms with Crippen molar-refractivity contribution >= 4 is 50.6 Å². The van der Waals surface area contributed by atoms with E-state index in [9.17, 15) is 9.59 Å². The molecule has 3 aromatic carbocycles. The van der Waals surface area contributed by atoms with Crippen LogP contribution in [0.1, 0.15) is 48.7 Å². The van der Waals surface area contributed by atoms with Crippen molar-refractivity contribution in [2.45, 2.75) is 38.6 Å². The van der Waals surface area contributed by atoms with Gasteiger partial charge in [-0.05, 0) is 102 Å². The molecule has 6 nitrogen and oxygen atoms in total. The minimum Gasteiger partial charge on any atom is -0.450 e. The zero-order chi connectivity index (χ0) is 27.6. The number of rotatable bonds is 7. The maximum atomic E-state index is 13.1. The third kappa shape index (κ3) is 5.40. The number of fused-ring (bicyclic) bond motifs is 3. The quantitative estimate of drug-likeness (QED) is 0.223. The number of nitrogens with one attached hydrogen (secondary N) is 2. The lowest BCUT2D eigenvalue weighted by atomic mass is 9.88. The van der Waals surface area contributed by atoms with E-state index in [2.05, 4.69) is 69.6 Å². The molecule has 2 N–H and O–H groups in total. The van der Waals surface area contributed by atoms with Crippen LogP contribution in [0.25, 0.3) is 32.9 Å². The number of anilines is 1. The molecule has 1 fully saturated rings. The van der Waals surface area contributed by atoms with Crippen molar-refractivity contribution in [3.8, 4) is 11.1 Å². The third-order valence-corrected chi connectivity index (χ3v) is 8.65. The van der Waals surface area contributed by atoms with E-state index < -0.39 is 0 Å². The van der Waals surface area contributed by atoms with Crippen molar-refractivity contribution in [2.75, 3.05) is 25.0 Å². The lowest BCUT2D eigenvalue weighted by Gasteiger charge is -2.36. The molecule has 40 heavy (non-hydrogen) atoms. The molecule has 1 saturated heterocycles. The average molecular weight is 552 g/mol. The Labute approximate surface area is 238 Å². The first-order valence-corrected chi connectivity index (χ1v) is 14.8. The van der Waals surface area contributed by atoms with Crippen molar-refractivity contribution in [3.05, 3.63) is 88.8 Å². The normalized spacial score (nSPS) is 15.3. The Morgan fingerprint density at radius 2 is 1.82 bits per heavy atom. The number of thiophene rings is 1. The van der Waals surface area contributed by atoms with Crippen LogP contribution in [0.4, 0.5) is 5.69 Å². The monoisotopic (exact) mass is 551 g/mol. The number of piperidine rings is 1. The molecule has 204 valence electrons. The fourth-order valence-electron chi connectivity index (χ4n) is 5.84. The summed E-state index contributed by atoms with van der Waals surface area (Å²) >= 11 is 1.68. The molecule has 2 aromatic heterocycles. The van der Waals surface area contributed by atoms with Crippen LogP contribution in [-0.4, -0.2) is 42.4 Å². The van der Waals surface area contributed by atoms with Gasteiger partial charge in [0.1, 0.15) is 5.58 Å². The number of hydrogen-bond donors (Lipinski definition) is 2. The van der Waals surface area contributed by atoms with Gasteiger partial charge in [-0.2, -0.15) is 11.3 Å². The van der Waals surface area contributed by atoms with Gasteiger partial charge in [-0.25, -0.2) is 0 Å². The number of hydrogen-bond acceptors (Lipinski definition) is 5. The summed E-state index contributed by atoms with van der Waals surface area (Å²) in [4.78, 5) is 27.0. The fraction of sp³-hybridized carbons (Fsp3) is 0.273. The predicted octanol–water partition coefficient (Wildman–Crippen LogP) is 7.27. The standard InChI is InChI=1S/C33H33N3O3S/c1-21(36-13-10-23(11-14-36)24-6-5-7-27(16-24)35-22(2)37)19-34-33(38)31-18-26-17-30(25-12-15-40-20-25)28-8-3-4-9-29(28)32(26)39-31/h3-9,12,15-18,20-21,23H,10-11,13-14,19H2,1-2H3,(H,34,38)(H,35,37). The number of benzene rings is 3. The predicted molar refractivity (Wildman–Crippen MR) is 163 cm³/mol. The Balaban J connectivity index is 1.10. The van der Waals surface area contributed by atoms with Gasteiger partial charge in [-0.3, -0.25) is 14.5 Å². The Morgan fingerprint density at radius 3 is 2.58 bits per heavy atom. The lowest BCUT2D eigenvalue weighted by molar-refractivity contribution is -0.114. The highest BCUT2D eigenvalue weighted by Crippen LogP contribution is 2.37. The SMILES string of the molecule is CC(=O)Nc1cccc(C2CCN(C(C)CNC(=O)c3cc4cc(-c5ccsc5)c5ccccc5c4o3)CC2)c1. The molecular formula is C33H33N3O3S. The summed E-state index contributed by atoms with van der Waals surface area (Å²) in [7, 11) is 0. The second-order valence-electron chi connectivity index (χ2n) is 10.7. The first-order valence-electron chi connectivity index (χ1n) is 13.8. The van der Waals surface area contributed by atoms with Crippen molar-refractivity contribution in [1.82, 2.24) is 10.2 Å². The summed E-state index contributed by atoms with van der Waals surface area (Å²) in [5.74, 6) is 0.569. The van der Waals surface area contributed by atoms with Gasteiger partial charge in [0.15, 0.2) is 5.76 Å². The molecule has 6 rings (SSSR count). The number of carbonyl (C=O) groups excluding carboxylic acids is 2. The van der Waals surface area contributed by atoms with Gasteiger partial charge < -0.3 is 15.1 Å². The molecule has 3 heterocycles. The minimum absolute atomic E-state index is 0.0538. The van der Waals surface area contributed by atoms with Gasteiger partial charge in [0.2, 0.25) is 5.91 Å². The van der Waals surface area contributed by atoms with E-state index in [1.54, 1.807) is 11.3 Å². The Morgan fingerprint density at radius 1 is 1.02 bits per heavy atom. The summed E-state index contributed by atoms with van der Waals surface area (Å²) in [5.41, 5.74) is 5.19. The highest BCUT2D eigenvalue weighted by Gasteiger charge is 2.25. The Bertz CT molecular complexity index is 1670. The molecule has 0 spiro atoms. The zero-order valence-corrected chi connectivity index (χ0v) is 23.6. The minimum atomic E-state index is -0.186. The van der Waals surface area contributed by atoms with Crippen LogP contribution < -0.4 is 10.6 Å². The maximum Gasteiger partial charge on any atom is 0.287 e. The summed E-state index contributed by atoms with van der Waals surface area (Å²) in [6.07, 6.45) is 2.09. The molecule has 0 saturated carbocycles. The van der Waals surface area contributed by atoms with Crippen molar-refractivity contribution in [2.24, 2.45) is 0 Å². The van der Waals surface area contributed by atoms with E-state index in [0.717, 1.165) is 58.9 Å². The van der Waals surface area contributed by atoms with Crippen molar-refractivity contribution < 1.29 is 14.0 Å². The van der Waals surface area contributed by atoms with Gasteiger partial charge in [0.25, 0.3) is 5.91 Å². The zero-order valence-electron chi connectivity index (χ0n) is 22.8. The molecule has 5 aromatic rings. The fourth-order valence-corrected chi connectivity index (χ4v) is 6.50. The van der Waals surface area contributed by atoms with Crippen molar-refractivity contribution in [3.63, 3.8) is 0 Å². The molecule has 1 aliphatic rings. The molecule has 1 unspecified atom stereocenters. The number of amides is 2. The van der Waals surface area contributed by atoms with Crippen LogP contribution in [0.3, 0.4) is 0 Å². The smallest absolute Gasteiger partial charge is 0.287 e. The second kappa shape index (κ2) is 11.3. The highest BCUT2D eigenvalue weighted by molar-refractivity contribution is 7.08. The Hall–Kier alpha value is -3.94. The van der Waals surface area contributed by atoms with Crippen LogP contribution in [0.2, 0.25) is 0 Å². The van der Waals surface area contributed by atoms with Crippen LogP contribution in [0, 0.1) is 0 Å². The number of likely N-dealkylation sites (tertiary alicyclic amines) is 1. The first-order chi connectivity index (χ1) is 19.5. The second-order valence-corrected chi connectivity index (χ2v) is 11.5. The van der Waals surface area contributed by atoms with E-state index in [-0.39, 0.29) is 17.9 Å². The summed E-state index contributed by atoms with van der Waals surface area (Å²) in [6, 6.07) is 22.7. The van der Waals surface area contributed by atoms with Crippen LogP contribution in [0.15, 0.2) is 81.9 Å². The van der Waals surface area contributed by atoms with Gasteiger partial charge in [0.05, 0.1) is 0 Å². The lowest BCUT2D eigenvalue weighted by Crippen LogP contribution is -2.45. The number of nitrogens with zero attached hydrogens (tertiary/aromatic N) is 1. The highest BCUT2D eigenvalue weighted by atomic mass is 32.1. The van der Waals surface area contributed by atoms with E-state index in [1.165, 1.54) is 18.1 Å². The van der Waals surface area contributed by atoms with E-state index in [4.69, 9.17) is 4.42 Å². The number of carbonyl (C=O) groups is 2. The summed E-state index contributed by atoms with van der Waals surface area (Å²) < 4.78 is 6.14. The van der Waals surface area contributed by atoms with E-state index in [0.29, 0.717) is 18.2 Å². The molecule has 2 amide bonds. The third-order valence-electron chi connectivity index (χ3n) is 7.97. The maximum absolute atomic E-state index is 13.1. The van der Waals surface area contributed by atoms with Crippen LogP contribution >= 0.6 is 11.3 Å². The molecule has 0 bridgehead atoms. The van der Waals surface area contributed by atoms with E-state index >= 15 is 0 Å². The summed E-state index contributed by atoms with van der Waals surface area (Å²) in [6.45, 7) is 6.18. The number of furan rings is 1. The topological polar surface area (TPSA) is 74.6 Å². The first kappa shape index (κ1) is 26.3. The van der Waals surface area contributed by atoms with Crippen molar-refractivity contribution in [1.29, 1.82) is 0 Å². The largest absolute Gasteiger partial charge is 0.450 e. The average Bonchev–Trinajstić information content (AvgIpc) is 3.66. The van der Waals surface area contributed by atoms with E-state index in [1.807, 2.05) is 30.3 Å². The van der Waals surface area contributed by atoms with Gasteiger partial charge in [-0.15, -0.1) is 0 Å². The van der Waals surface area contributed by atoms with Crippen LogP contribution in [-0.2, 0) is 4.79 Å². The molecule has 1 atom stereocenters.